The number of nitrogens with two attached hydrogens (primary N) is 2. The molecule has 1 aromatic rings. The van der Waals surface area contributed by atoms with Crippen LogP contribution in [0.1, 0.15) is 26.5 Å². The number of amides is 2. The van der Waals surface area contributed by atoms with Crippen molar-refractivity contribution in [3.05, 3.63) is 23.1 Å². The number of rotatable bonds is 9. The maximum absolute atomic E-state index is 12.0. The van der Waals surface area contributed by atoms with Crippen molar-refractivity contribution in [2.75, 3.05) is 37.9 Å². The average molecular weight is 312 g/mol. The Balaban J connectivity index is 2.93. The lowest BCUT2D eigenvalue weighted by molar-refractivity contribution is 0.0962. The molecule has 0 saturated heterocycles. The fourth-order valence-corrected chi connectivity index (χ4v) is 2.71. The Morgan fingerprint density at radius 3 is 2.76 bits per heavy atom. The van der Waals surface area contributed by atoms with Crippen LogP contribution in [0, 0.1) is 0 Å². The number of carbonyl (C=O) groups excluding carboxylic acids is 2. The van der Waals surface area contributed by atoms with Crippen molar-refractivity contribution in [1.82, 2.24) is 5.32 Å². The average Bonchev–Trinajstić information content (AvgIpc) is 2.78. The Morgan fingerprint density at radius 1 is 1.48 bits per heavy atom. The van der Waals surface area contributed by atoms with Crippen molar-refractivity contribution in [3.8, 4) is 0 Å². The third-order valence-electron chi connectivity index (χ3n) is 2.62. The Labute approximate surface area is 127 Å². The lowest BCUT2D eigenvalue weighted by Crippen LogP contribution is -2.23. The van der Waals surface area contributed by atoms with Crippen molar-refractivity contribution >= 4 is 33.8 Å². The quantitative estimate of drug-likeness (QED) is 0.397. The third-order valence-corrected chi connectivity index (χ3v) is 3.78. The Kier molecular flexibility index (Phi) is 6.70. The van der Waals surface area contributed by atoms with E-state index in [0.29, 0.717) is 24.7 Å². The molecule has 0 aliphatic heterocycles. The number of hydrogen-bond acceptors (Lipinski definition) is 6. The van der Waals surface area contributed by atoms with Gasteiger partial charge in [-0.15, -0.1) is 17.9 Å². The van der Waals surface area contributed by atoms with Crippen LogP contribution in [0.5, 0.6) is 0 Å². The molecule has 0 aromatic carbocycles. The highest BCUT2D eigenvalue weighted by atomic mass is 32.1. The van der Waals surface area contributed by atoms with E-state index in [0.717, 1.165) is 17.8 Å². The van der Waals surface area contributed by atoms with Crippen LogP contribution in [-0.4, -0.2) is 38.6 Å². The van der Waals surface area contributed by atoms with Gasteiger partial charge in [-0.25, -0.2) is 0 Å². The molecule has 2 amide bonds. The second-order valence-electron chi connectivity index (χ2n) is 4.19. The molecule has 0 atom stereocenters. The second-order valence-corrected chi connectivity index (χ2v) is 5.21. The summed E-state index contributed by atoms with van der Waals surface area (Å²) in [4.78, 5) is 23.7. The molecule has 1 aromatic heterocycles. The SMILES string of the molecule is C=CCNC(=O)c1sc(NCCCOC)c(C(N)=O)c1N. The predicted molar refractivity (Wildman–Crippen MR) is 84.8 cm³/mol. The van der Waals surface area contributed by atoms with Crippen molar-refractivity contribution in [2.45, 2.75) is 6.42 Å². The molecule has 1 rings (SSSR count). The van der Waals surface area contributed by atoms with Gasteiger partial charge in [-0.1, -0.05) is 6.08 Å². The second kappa shape index (κ2) is 8.28. The molecule has 0 saturated carbocycles. The number of nitrogens with one attached hydrogen (secondary N) is 2. The summed E-state index contributed by atoms with van der Waals surface area (Å²) in [5.41, 5.74) is 11.5. The molecule has 0 spiro atoms. The molecule has 0 aliphatic rings. The van der Waals surface area contributed by atoms with Crippen molar-refractivity contribution in [1.29, 1.82) is 0 Å². The van der Waals surface area contributed by atoms with Gasteiger partial charge in [0.1, 0.15) is 9.88 Å². The summed E-state index contributed by atoms with van der Waals surface area (Å²) in [7, 11) is 1.61. The van der Waals surface area contributed by atoms with E-state index >= 15 is 0 Å². The van der Waals surface area contributed by atoms with Crippen molar-refractivity contribution in [3.63, 3.8) is 0 Å². The zero-order valence-corrected chi connectivity index (χ0v) is 12.7. The van der Waals surface area contributed by atoms with Crippen LogP contribution in [0.25, 0.3) is 0 Å². The highest BCUT2D eigenvalue weighted by molar-refractivity contribution is 7.19. The maximum atomic E-state index is 12.0. The third kappa shape index (κ3) is 4.47. The first-order valence-corrected chi connectivity index (χ1v) is 7.18. The number of thiophene rings is 1. The summed E-state index contributed by atoms with van der Waals surface area (Å²) in [5.74, 6) is -1.02. The van der Waals surface area contributed by atoms with Crippen LogP contribution in [0.4, 0.5) is 10.7 Å². The van der Waals surface area contributed by atoms with E-state index in [9.17, 15) is 9.59 Å². The molecular weight excluding hydrogens is 292 g/mol. The zero-order valence-electron chi connectivity index (χ0n) is 11.9. The molecule has 0 aliphatic carbocycles. The van der Waals surface area contributed by atoms with E-state index in [1.807, 2.05) is 0 Å². The van der Waals surface area contributed by atoms with Crippen molar-refractivity contribution in [2.24, 2.45) is 5.73 Å². The van der Waals surface area contributed by atoms with E-state index in [2.05, 4.69) is 17.2 Å². The number of anilines is 2. The molecular formula is C13H20N4O3S. The summed E-state index contributed by atoms with van der Waals surface area (Å²) in [6, 6.07) is 0. The topological polar surface area (TPSA) is 119 Å². The van der Waals surface area contributed by atoms with Gasteiger partial charge in [0.2, 0.25) is 0 Å². The van der Waals surface area contributed by atoms with Gasteiger partial charge < -0.3 is 26.8 Å². The normalized spacial score (nSPS) is 10.1. The van der Waals surface area contributed by atoms with E-state index in [4.69, 9.17) is 16.2 Å². The fraction of sp³-hybridized carbons (Fsp3) is 0.385. The number of hydrogen-bond donors (Lipinski definition) is 4. The van der Waals surface area contributed by atoms with Crippen LogP contribution in [0.3, 0.4) is 0 Å². The summed E-state index contributed by atoms with van der Waals surface area (Å²) < 4.78 is 4.94. The van der Waals surface area contributed by atoms with Gasteiger partial charge in [0, 0.05) is 26.8 Å². The Hall–Kier alpha value is -2.06. The lowest BCUT2D eigenvalue weighted by atomic mass is 10.2. The first-order chi connectivity index (χ1) is 10.0. The van der Waals surface area contributed by atoms with Gasteiger partial charge in [-0.2, -0.15) is 0 Å². The number of ether oxygens (including phenoxy) is 1. The van der Waals surface area contributed by atoms with Gasteiger partial charge in [0.25, 0.3) is 11.8 Å². The summed E-state index contributed by atoms with van der Waals surface area (Å²) >= 11 is 1.11. The van der Waals surface area contributed by atoms with Gasteiger partial charge in [-0.05, 0) is 6.42 Å². The maximum Gasteiger partial charge on any atom is 0.263 e. The Morgan fingerprint density at radius 2 is 2.19 bits per heavy atom. The molecule has 21 heavy (non-hydrogen) atoms. The predicted octanol–water partition coefficient (Wildman–Crippen LogP) is 0.793. The summed E-state index contributed by atoms with van der Waals surface area (Å²) in [6.07, 6.45) is 2.31. The molecule has 1 heterocycles. The van der Waals surface area contributed by atoms with Crippen LogP contribution in [-0.2, 0) is 4.74 Å². The molecule has 0 unspecified atom stereocenters. The largest absolute Gasteiger partial charge is 0.397 e. The standard InChI is InChI=1S/C13H20N4O3S/c1-3-5-16-12(19)10-9(14)8(11(15)18)13(21-10)17-6-4-7-20-2/h3,17H,1,4-7,14H2,2H3,(H2,15,18)(H,16,19). The molecule has 116 valence electrons. The molecule has 0 fully saturated rings. The molecule has 0 radical (unpaired) electrons. The monoisotopic (exact) mass is 312 g/mol. The molecule has 7 nitrogen and oxygen atoms in total. The van der Waals surface area contributed by atoms with Gasteiger partial charge >= 0.3 is 0 Å². The van der Waals surface area contributed by atoms with Crippen LogP contribution in [0.2, 0.25) is 0 Å². The first kappa shape index (κ1) is 17.0. The number of nitrogen functional groups attached to an aromatic ring is 1. The number of carbonyl (C=O) groups is 2. The van der Waals surface area contributed by atoms with Crippen LogP contribution >= 0.6 is 11.3 Å². The van der Waals surface area contributed by atoms with E-state index < -0.39 is 5.91 Å². The van der Waals surface area contributed by atoms with Gasteiger partial charge in [-0.3, -0.25) is 9.59 Å². The van der Waals surface area contributed by atoms with Crippen LogP contribution < -0.4 is 22.1 Å². The van der Waals surface area contributed by atoms with Gasteiger partial charge in [0.05, 0.1) is 11.3 Å². The minimum atomic E-state index is -0.666. The summed E-state index contributed by atoms with van der Waals surface area (Å²) in [5, 5.41) is 6.18. The minimum Gasteiger partial charge on any atom is -0.397 e. The molecule has 8 heteroatoms. The van der Waals surface area contributed by atoms with E-state index in [1.54, 1.807) is 13.2 Å². The van der Waals surface area contributed by atoms with E-state index in [1.165, 1.54) is 0 Å². The zero-order chi connectivity index (χ0) is 15.8. The van der Waals surface area contributed by atoms with Crippen LogP contribution in [0.15, 0.2) is 12.7 Å². The fourth-order valence-electron chi connectivity index (χ4n) is 1.65. The highest BCUT2D eigenvalue weighted by Gasteiger charge is 2.23. The highest BCUT2D eigenvalue weighted by Crippen LogP contribution is 2.35. The Bertz CT molecular complexity index is 528. The smallest absolute Gasteiger partial charge is 0.263 e. The van der Waals surface area contributed by atoms with E-state index in [-0.39, 0.29) is 22.0 Å². The molecule has 0 bridgehead atoms. The minimum absolute atomic E-state index is 0.100. The summed E-state index contributed by atoms with van der Waals surface area (Å²) in [6.45, 7) is 5.01. The first-order valence-electron chi connectivity index (χ1n) is 6.36. The number of primary amides is 1. The lowest BCUT2D eigenvalue weighted by Gasteiger charge is -2.05. The van der Waals surface area contributed by atoms with Crippen molar-refractivity contribution < 1.29 is 14.3 Å². The number of methoxy groups -OCH3 is 1. The van der Waals surface area contributed by atoms with Gasteiger partial charge in [0.15, 0.2) is 0 Å². The molecule has 6 N–H and O–H groups in total.